The highest BCUT2D eigenvalue weighted by molar-refractivity contribution is 6.02. The molecule has 7 heteroatoms. The largest absolute Gasteiger partial charge is 0.504 e. The molecule has 190 valence electrons. The van der Waals surface area contributed by atoms with Crippen molar-refractivity contribution in [1.29, 1.82) is 0 Å². The SMILES string of the molecule is COc1c(O)ccc2c1-c1ccc3c(c1/C(=C/c1ccc(F)cc1COC(C)=O)O2)C(C)=CC(C)(C)N3. The van der Waals surface area contributed by atoms with E-state index in [4.69, 9.17) is 14.2 Å². The van der Waals surface area contributed by atoms with Crippen molar-refractivity contribution >= 4 is 29.1 Å². The lowest BCUT2D eigenvalue weighted by Crippen LogP contribution is -2.32. The number of carbonyl (C=O) groups excluding carboxylic acids is 1. The standard InChI is InChI=1S/C30H28FNO5/c1-16-14-30(3,4)32-22-9-8-21-27(26(16)22)25(37-24-11-10-23(34)29(35-5)28(21)24)13-18-6-7-20(31)12-19(18)15-36-17(2)33/h6-14,32,34H,15H2,1-5H3/b25-13-. The maximum atomic E-state index is 14.1. The van der Waals surface area contributed by atoms with Crippen LogP contribution in [0.3, 0.4) is 0 Å². The van der Waals surface area contributed by atoms with Crippen LogP contribution in [0.4, 0.5) is 10.1 Å². The van der Waals surface area contributed by atoms with Gasteiger partial charge in [-0.1, -0.05) is 18.2 Å². The first-order chi connectivity index (χ1) is 17.6. The number of aromatic hydroxyl groups is 1. The number of nitrogens with one attached hydrogen (secondary N) is 1. The molecule has 0 unspecified atom stereocenters. The average molecular weight is 502 g/mol. The molecule has 0 spiro atoms. The number of phenolic OH excluding ortho intramolecular Hbond substituents is 1. The molecule has 0 atom stereocenters. The van der Waals surface area contributed by atoms with Gasteiger partial charge in [-0.05, 0) is 73.9 Å². The van der Waals surface area contributed by atoms with Crippen molar-refractivity contribution in [1.82, 2.24) is 0 Å². The zero-order valence-electron chi connectivity index (χ0n) is 21.4. The van der Waals surface area contributed by atoms with Gasteiger partial charge in [-0.3, -0.25) is 4.79 Å². The molecule has 0 saturated heterocycles. The van der Waals surface area contributed by atoms with Crippen LogP contribution >= 0.6 is 0 Å². The van der Waals surface area contributed by atoms with E-state index in [0.29, 0.717) is 33.9 Å². The van der Waals surface area contributed by atoms with Crippen molar-refractivity contribution in [2.75, 3.05) is 12.4 Å². The lowest BCUT2D eigenvalue weighted by Gasteiger charge is -2.35. The molecule has 37 heavy (non-hydrogen) atoms. The van der Waals surface area contributed by atoms with E-state index in [2.05, 4.69) is 32.2 Å². The lowest BCUT2D eigenvalue weighted by atomic mass is 9.82. The molecule has 6 nitrogen and oxygen atoms in total. The molecule has 2 aliphatic rings. The molecule has 0 radical (unpaired) electrons. The van der Waals surface area contributed by atoms with Crippen LogP contribution in [0.15, 0.2) is 48.5 Å². The number of methoxy groups -OCH3 is 1. The molecule has 3 aromatic rings. The molecule has 5 rings (SSSR count). The van der Waals surface area contributed by atoms with Crippen LogP contribution in [0.2, 0.25) is 0 Å². The van der Waals surface area contributed by atoms with E-state index in [-0.39, 0.29) is 17.9 Å². The number of hydrogen-bond donors (Lipinski definition) is 2. The summed E-state index contributed by atoms with van der Waals surface area (Å²) in [5.41, 5.74) is 6.18. The molecule has 0 fully saturated rings. The third-order valence-corrected chi connectivity index (χ3v) is 6.49. The highest BCUT2D eigenvalue weighted by Crippen LogP contribution is 2.54. The molecular weight excluding hydrogens is 473 g/mol. The van der Waals surface area contributed by atoms with E-state index in [9.17, 15) is 14.3 Å². The second kappa shape index (κ2) is 9.00. The van der Waals surface area contributed by atoms with E-state index in [1.54, 1.807) is 12.1 Å². The van der Waals surface area contributed by atoms with Crippen LogP contribution < -0.4 is 14.8 Å². The molecule has 2 heterocycles. The van der Waals surface area contributed by atoms with Gasteiger partial charge in [-0.25, -0.2) is 4.39 Å². The minimum atomic E-state index is -0.452. The summed E-state index contributed by atoms with van der Waals surface area (Å²) in [6, 6.07) is 11.6. The quantitative estimate of drug-likeness (QED) is 0.384. The zero-order valence-corrected chi connectivity index (χ0v) is 21.4. The van der Waals surface area contributed by atoms with Gasteiger partial charge in [0.2, 0.25) is 0 Å². The number of esters is 1. The minimum Gasteiger partial charge on any atom is -0.504 e. The smallest absolute Gasteiger partial charge is 0.302 e. The van der Waals surface area contributed by atoms with Gasteiger partial charge in [0.25, 0.3) is 0 Å². The number of fused-ring (bicyclic) bond motifs is 5. The summed E-state index contributed by atoms with van der Waals surface area (Å²) < 4.78 is 31.3. The Labute approximate surface area is 215 Å². The van der Waals surface area contributed by atoms with Crippen LogP contribution in [0, 0.1) is 5.82 Å². The molecule has 0 saturated carbocycles. The zero-order chi connectivity index (χ0) is 26.5. The van der Waals surface area contributed by atoms with Gasteiger partial charge in [0.05, 0.1) is 18.2 Å². The van der Waals surface area contributed by atoms with Crippen molar-refractivity contribution in [3.63, 3.8) is 0 Å². The van der Waals surface area contributed by atoms with Crippen molar-refractivity contribution in [3.8, 4) is 28.4 Å². The van der Waals surface area contributed by atoms with Crippen molar-refractivity contribution < 1.29 is 28.5 Å². The summed E-state index contributed by atoms with van der Waals surface area (Å²) in [5, 5.41) is 14.1. The van der Waals surface area contributed by atoms with Crippen molar-refractivity contribution in [2.24, 2.45) is 0 Å². The molecule has 0 aliphatic carbocycles. The fraction of sp³-hybridized carbons (Fsp3) is 0.233. The van der Waals surface area contributed by atoms with E-state index >= 15 is 0 Å². The maximum absolute atomic E-state index is 14.1. The third-order valence-electron chi connectivity index (χ3n) is 6.49. The highest BCUT2D eigenvalue weighted by Gasteiger charge is 2.33. The minimum absolute atomic E-state index is 0.00896. The number of rotatable bonds is 4. The summed E-state index contributed by atoms with van der Waals surface area (Å²) in [6.07, 6.45) is 3.99. The number of hydrogen-bond acceptors (Lipinski definition) is 6. The number of benzene rings is 3. The van der Waals surface area contributed by atoms with Crippen LogP contribution in [-0.2, 0) is 16.1 Å². The van der Waals surface area contributed by atoms with Crippen LogP contribution in [-0.4, -0.2) is 23.7 Å². The molecule has 0 bridgehead atoms. The second-order valence-corrected chi connectivity index (χ2v) is 9.81. The van der Waals surface area contributed by atoms with Gasteiger partial charge in [0.15, 0.2) is 11.5 Å². The average Bonchev–Trinajstić information content (AvgIpc) is 2.83. The van der Waals surface area contributed by atoms with Crippen molar-refractivity contribution in [2.45, 2.75) is 39.8 Å². The number of carbonyl (C=O) groups is 1. The highest BCUT2D eigenvalue weighted by atomic mass is 19.1. The first kappa shape index (κ1) is 24.4. The molecule has 0 aromatic heterocycles. The van der Waals surface area contributed by atoms with E-state index in [1.807, 2.05) is 18.2 Å². The topological polar surface area (TPSA) is 77.0 Å². The molecular formula is C30H28FNO5. The van der Waals surface area contributed by atoms with Crippen LogP contribution in [0.5, 0.6) is 17.2 Å². The van der Waals surface area contributed by atoms with Gasteiger partial charge in [0, 0.05) is 29.3 Å². The van der Waals surface area contributed by atoms with Crippen molar-refractivity contribution in [3.05, 3.63) is 76.6 Å². The summed E-state index contributed by atoms with van der Waals surface area (Å²) in [6.45, 7) is 7.50. The Morgan fingerprint density at radius 1 is 1.14 bits per heavy atom. The lowest BCUT2D eigenvalue weighted by molar-refractivity contribution is -0.142. The molecule has 2 aliphatic heterocycles. The number of halogens is 1. The number of ether oxygens (including phenoxy) is 3. The van der Waals surface area contributed by atoms with Gasteiger partial charge in [-0.15, -0.1) is 0 Å². The second-order valence-electron chi connectivity index (χ2n) is 9.81. The Balaban J connectivity index is 1.78. The number of phenols is 1. The van der Waals surface area contributed by atoms with Gasteiger partial charge in [-0.2, -0.15) is 0 Å². The van der Waals surface area contributed by atoms with Gasteiger partial charge >= 0.3 is 5.97 Å². The fourth-order valence-electron chi connectivity index (χ4n) is 5.11. The first-order valence-corrected chi connectivity index (χ1v) is 11.9. The Kier molecular flexibility index (Phi) is 5.94. The predicted octanol–water partition coefficient (Wildman–Crippen LogP) is 6.77. The Bertz CT molecular complexity index is 1500. The maximum Gasteiger partial charge on any atom is 0.302 e. The summed E-state index contributed by atoms with van der Waals surface area (Å²) in [5.74, 6) is 0.504. The number of anilines is 1. The van der Waals surface area contributed by atoms with Gasteiger partial charge in [0.1, 0.15) is 23.9 Å². The predicted molar refractivity (Wildman–Crippen MR) is 142 cm³/mol. The monoisotopic (exact) mass is 501 g/mol. The summed E-state index contributed by atoms with van der Waals surface area (Å²) >= 11 is 0. The van der Waals surface area contributed by atoms with Crippen LogP contribution in [0.25, 0.3) is 28.5 Å². The molecule has 3 aromatic carbocycles. The number of allylic oxidation sites excluding steroid dienone is 1. The summed E-state index contributed by atoms with van der Waals surface area (Å²) in [4.78, 5) is 11.4. The van der Waals surface area contributed by atoms with Crippen LogP contribution in [0.1, 0.15) is 49.9 Å². The van der Waals surface area contributed by atoms with E-state index in [0.717, 1.165) is 28.0 Å². The molecule has 0 amide bonds. The molecule has 2 N–H and O–H groups in total. The van der Waals surface area contributed by atoms with E-state index in [1.165, 1.54) is 32.2 Å². The first-order valence-electron chi connectivity index (χ1n) is 11.9. The Morgan fingerprint density at radius 2 is 1.92 bits per heavy atom. The van der Waals surface area contributed by atoms with Gasteiger partial charge < -0.3 is 24.6 Å². The normalized spacial score (nSPS) is 15.9. The Hall–Kier alpha value is -4.26. The van der Waals surface area contributed by atoms with E-state index < -0.39 is 11.8 Å². The fourth-order valence-corrected chi connectivity index (χ4v) is 5.11. The third kappa shape index (κ3) is 4.42. The Morgan fingerprint density at radius 3 is 2.65 bits per heavy atom. The summed E-state index contributed by atoms with van der Waals surface area (Å²) in [7, 11) is 1.51.